The SMILES string of the molecule is C=CCO[C@@H]1CC2C(=O)N(CC)C3(C[C@@H](C(=O)NC(CCC)C(=O)C(=O)N[C@@H](C)c4ccccc4)N(C(=O)[C@@H](NC(=O)[C@@H](NC(=O)c4cnccn4)C4CCCCC4)C(C)(C)C)C3)N2C1. The van der Waals surface area contributed by atoms with E-state index in [-0.39, 0.29) is 49.6 Å². The molecule has 4 N–H and O–H groups in total. The summed E-state index contributed by atoms with van der Waals surface area (Å²) in [6.45, 7) is 15.5. The predicted octanol–water partition coefficient (Wildman–Crippen LogP) is 3.22. The van der Waals surface area contributed by atoms with Crippen LogP contribution in [0.5, 0.6) is 0 Å². The minimum Gasteiger partial charge on any atom is -0.373 e. The number of benzene rings is 1. The first kappa shape index (κ1) is 48.9. The first-order valence-corrected chi connectivity index (χ1v) is 23.2. The molecule has 65 heavy (non-hydrogen) atoms. The predicted molar refractivity (Wildman–Crippen MR) is 241 cm³/mol. The van der Waals surface area contributed by atoms with Gasteiger partial charge in [0.05, 0.1) is 43.6 Å². The molecule has 3 aliphatic heterocycles. The zero-order valence-electron chi connectivity index (χ0n) is 38.7. The van der Waals surface area contributed by atoms with Gasteiger partial charge in [0.1, 0.15) is 29.5 Å². The van der Waals surface area contributed by atoms with Crippen molar-refractivity contribution in [3.05, 3.63) is 72.8 Å². The Morgan fingerprint density at radius 1 is 0.985 bits per heavy atom. The van der Waals surface area contributed by atoms with Crippen molar-refractivity contribution < 1.29 is 38.3 Å². The van der Waals surface area contributed by atoms with E-state index in [1.54, 1.807) is 17.9 Å². The highest BCUT2D eigenvalue weighted by atomic mass is 16.5. The number of fused-ring (bicyclic) bond motifs is 2. The van der Waals surface area contributed by atoms with Crippen molar-refractivity contribution in [2.45, 2.75) is 147 Å². The normalized spacial score (nSPS) is 24.2. The van der Waals surface area contributed by atoms with Crippen molar-refractivity contribution in [3.8, 4) is 0 Å². The maximum atomic E-state index is 15.4. The quantitative estimate of drug-likeness (QED) is 0.126. The Bertz CT molecular complexity index is 2060. The fourth-order valence-corrected chi connectivity index (χ4v) is 10.2. The van der Waals surface area contributed by atoms with Crippen LogP contribution in [0.25, 0.3) is 0 Å². The van der Waals surface area contributed by atoms with E-state index in [4.69, 9.17) is 4.74 Å². The molecule has 6 rings (SSSR count). The fraction of sp³-hybridized carbons (Fsp3) is 0.604. The van der Waals surface area contributed by atoms with Crippen LogP contribution in [0.1, 0.15) is 121 Å². The van der Waals surface area contributed by atoms with Crippen LogP contribution in [0.3, 0.4) is 0 Å². The number of nitrogens with zero attached hydrogens (tertiary/aromatic N) is 5. The number of hydrogen-bond acceptors (Lipinski definition) is 11. The van der Waals surface area contributed by atoms with Gasteiger partial charge in [-0.05, 0) is 56.4 Å². The molecule has 17 heteroatoms. The molecule has 1 aromatic carbocycles. The van der Waals surface area contributed by atoms with Gasteiger partial charge in [0.25, 0.3) is 11.8 Å². The van der Waals surface area contributed by atoms with E-state index in [9.17, 15) is 28.8 Å². The molecule has 2 aromatic rings. The summed E-state index contributed by atoms with van der Waals surface area (Å²) in [6, 6.07) is 3.54. The number of aromatic nitrogens is 2. The van der Waals surface area contributed by atoms with Gasteiger partial charge in [0.2, 0.25) is 29.4 Å². The van der Waals surface area contributed by atoms with E-state index < -0.39 is 82.6 Å². The van der Waals surface area contributed by atoms with Crippen LogP contribution in [-0.2, 0) is 33.5 Å². The molecule has 3 unspecified atom stereocenters. The van der Waals surface area contributed by atoms with Crippen LogP contribution in [-0.4, -0.2) is 134 Å². The van der Waals surface area contributed by atoms with Gasteiger partial charge in [-0.15, -0.1) is 6.58 Å². The topological polar surface area (TPSA) is 212 Å². The molecule has 4 heterocycles. The lowest BCUT2D eigenvalue weighted by Gasteiger charge is -2.41. The lowest BCUT2D eigenvalue weighted by molar-refractivity contribution is -0.146. The molecule has 3 saturated heterocycles. The molecule has 1 aliphatic carbocycles. The standard InChI is InChI=1S/C48H67N9O8/c1-8-17-34(39(58)44(62)51-30(4)31-18-13-11-14-19-31)52-42(60)37-26-48(56(10-3)45(63)36-25-33(28-57(36)48)65-24-9-2)29-55(37)46(64)40(47(5,6)7)54-43(61)38(32-20-15-12-16-21-32)53-41(59)35-27-49-22-23-50-35/h9,11,13-14,18-19,22-23,27,30,32-34,36-38,40H,2,8,10,12,15-17,20-21,24-26,28-29H2,1,3-7H3,(H,51,62)(H,52,60)(H,53,59)(H,54,61)/t30-,33+,34?,36?,37-,38-,40+,48?/m0/s1. The van der Waals surface area contributed by atoms with Gasteiger partial charge in [0, 0.05) is 31.9 Å². The number of amides is 6. The van der Waals surface area contributed by atoms with Gasteiger partial charge in [0.15, 0.2) is 0 Å². The third-order valence-corrected chi connectivity index (χ3v) is 13.5. The minimum atomic E-state index is -1.22. The molecular weight excluding hydrogens is 831 g/mol. The van der Waals surface area contributed by atoms with Gasteiger partial charge in [-0.3, -0.25) is 43.4 Å². The van der Waals surface area contributed by atoms with Crippen LogP contribution >= 0.6 is 0 Å². The van der Waals surface area contributed by atoms with Gasteiger partial charge >= 0.3 is 0 Å². The van der Waals surface area contributed by atoms with Crippen molar-refractivity contribution in [3.63, 3.8) is 0 Å². The number of likely N-dealkylation sites (tertiary alicyclic amines) is 1. The summed E-state index contributed by atoms with van der Waals surface area (Å²) in [5.74, 6) is -4.36. The summed E-state index contributed by atoms with van der Waals surface area (Å²) >= 11 is 0. The smallest absolute Gasteiger partial charge is 0.290 e. The van der Waals surface area contributed by atoms with Crippen LogP contribution < -0.4 is 21.3 Å². The van der Waals surface area contributed by atoms with E-state index in [0.29, 0.717) is 38.8 Å². The summed E-state index contributed by atoms with van der Waals surface area (Å²) in [5.41, 5.74) is -1.20. The fourth-order valence-electron chi connectivity index (χ4n) is 10.2. The Morgan fingerprint density at radius 3 is 2.34 bits per heavy atom. The van der Waals surface area contributed by atoms with E-state index in [1.165, 1.54) is 23.5 Å². The molecular formula is C48H67N9O8. The van der Waals surface area contributed by atoms with E-state index in [0.717, 1.165) is 24.8 Å². The largest absolute Gasteiger partial charge is 0.373 e. The number of hydrogen-bond donors (Lipinski definition) is 4. The average molecular weight is 898 g/mol. The second kappa shape index (κ2) is 21.2. The maximum Gasteiger partial charge on any atom is 0.290 e. The van der Waals surface area contributed by atoms with E-state index in [2.05, 4.69) is 37.8 Å². The summed E-state index contributed by atoms with van der Waals surface area (Å²) in [4.78, 5) is 113. The molecule has 6 amide bonds. The van der Waals surface area contributed by atoms with Gasteiger partial charge in [-0.1, -0.05) is 89.8 Å². The van der Waals surface area contributed by atoms with Crippen molar-refractivity contribution in [1.29, 1.82) is 0 Å². The van der Waals surface area contributed by atoms with Crippen LogP contribution in [0.15, 0.2) is 61.6 Å². The van der Waals surface area contributed by atoms with Gasteiger partial charge in [-0.2, -0.15) is 0 Å². The molecule has 8 atom stereocenters. The summed E-state index contributed by atoms with van der Waals surface area (Å²) in [7, 11) is 0. The van der Waals surface area contributed by atoms with Crippen LogP contribution in [0.2, 0.25) is 0 Å². The second-order valence-electron chi connectivity index (χ2n) is 19.0. The Morgan fingerprint density at radius 2 is 1.71 bits per heavy atom. The van der Waals surface area contributed by atoms with Crippen LogP contribution in [0.4, 0.5) is 0 Å². The molecule has 4 aliphatic rings. The average Bonchev–Trinajstić information content (AvgIpc) is 3.98. The molecule has 0 bridgehead atoms. The number of Topliss-reactive ketones (excluding diaryl/α,β-unsaturated/α-hetero) is 1. The van der Waals surface area contributed by atoms with Gasteiger partial charge in [-0.25, -0.2) is 4.98 Å². The van der Waals surface area contributed by atoms with E-state index >= 15 is 4.79 Å². The Balaban J connectivity index is 1.32. The highest BCUT2D eigenvalue weighted by Gasteiger charge is 2.65. The summed E-state index contributed by atoms with van der Waals surface area (Å²) in [5, 5.41) is 11.5. The Labute approximate surface area is 382 Å². The molecule has 4 fully saturated rings. The number of carbonyl (C=O) groups excluding carboxylic acids is 7. The number of ketones is 1. The molecule has 352 valence electrons. The van der Waals surface area contributed by atoms with Crippen LogP contribution in [0, 0.1) is 11.3 Å². The summed E-state index contributed by atoms with van der Waals surface area (Å²) in [6.07, 6.45) is 10.7. The zero-order chi connectivity index (χ0) is 47.1. The third kappa shape index (κ3) is 10.8. The molecule has 1 spiro atoms. The third-order valence-electron chi connectivity index (χ3n) is 13.5. The monoisotopic (exact) mass is 898 g/mol. The van der Waals surface area contributed by atoms with Crippen molar-refractivity contribution in [2.75, 3.05) is 26.2 Å². The molecule has 0 radical (unpaired) electrons. The first-order valence-electron chi connectivity index (χ1n) is 23.2. The Hall–Kier alpha value is -5.55. The lowest BCUT2D eigenvalue weighted by atomic mass is 9.82. The number of ether oxygens (including phenoxy) is 1. The van der Waals surface area contributed by atoms with Gasteiger partial charge < -0.3 is 35.8 Å². The lowest BCUT2D eigenvalue weighted by Crippen LogP contribution is -2.62. The highest BCUT2D eigenvalue weighted by molar-refractivity contribution is 6.38. The summed E-state index contributed by atoms with van der Waals surface area (Å²) < 4.78 is 6.05. The number of nitrogens with one attached hydrogen (secondary N) is 4. The Kier molecular flexibility index (Phi) is 15.9. The zero-order valence-corrected chi connectivity index (χ0v) is 38.7. The maximum absolute atomic E-state index is 15.4. The molecule has 1 aromatic heterocycles. The minimum absolute atomic E-state index is 0.00276. The number of likely N-dealkylation sites (N-methyl/N-ethyl adjacent to an activating group) is 1. The molecule has 1 saturated carbocycles. The highest BCUT2D eigenvalue weighted by Crippen LogP contribution is 2.46. The van der Waals surface area contributed by atoms with Crippen molar-refractivity contribution in [1.82, 2.24) is 45.9 Å². The first-order chi connectivity index (χ1) is 31.0. The van der Waals surface area contributed by atoms with E-state index in [1.807, 2.05) is 69.9 Å². The van der Waals surface area contributed by atoms with Crippen molar-refractivity contribution >= 4 is 41.2 Å². The second-order valence-corrected chi connectivity index (χ2v) is 19.0. The van der Waals surface area contributed by atoms with Crippen molar-refractivity contribution in [2.24, 2.45) is 11.3 Å². The molecule has 17 nitrogen and oxygen atoms in total. The number of rotatable bonds is 18. The number of carbonyl (C=O) groups is 7.